The van der Waals surface area contributed by atoms with Gasteiger partial charge in [-0.1, -0.05) is 12.1 Å². The first-order valence-electron chi connectivity index (χ1n) is 15.7. The van der Waals surface area contributed by atoms with Crippen LogP contribution in [0.2, 0.25) is 0 Å². The summed E-state index contributed by atoms with van der Waals surface area (Å²) in [6.07, 6.45) is 4.56. The molecule has 0 radical (unpaired) electrons. The van der Waals surface area contributed by atoms with E-state index in [0.717, 1.165) is 82.1 Å². The first-order valence-corrected chi connectivity index (χ1v) is 15.7. The van der Waals surface area contributed by atoms with Gasteiger partial charge in [0.15, 0.2) is 5.82 Å². The third kappa shape index (κ3) is 4.36. The Bertz CT molecular complexity index is 1930. The highest BCUT2D eigenvalue weighted by atomic mass is 16.5. The standard InChI is InChI=1S/C35H39N7O2/c1-19-12-25(13-20(2)37-19)38-26-7-5-6-22-15-29(41(32(22)26)17-21-8-9-21)34-39-27-14-24(16-30(44-4)33(27)40(34)3)35(43)42-18-23-10-11-28(42)31(23)36/h5-7,12-16,21,23,28,31H,8-11,17-18,36H2,1-4H3,(H,37,38)/t23?,28?,31-/m1/s1. The van der Waals surface area contributed by atoms with Crippen molar-refractivity contribution < 1.29 is 9.53 Å². The topological polar surface area (TPSA) is 103 Å². The number of imidazole rings is 1. The summed E-state index contributed by atoms with van der Waals surface area (Å²) in [5.41, 5.74) is 14.9. The Labute approximate surface area is 257 Å². The number of hydrogen-bond donors (Lipinski definition) is 2. The van der Waals surface area contributed by atoms with E-state index in [1.165, 1.54) is 12.8 Å². The van der Waals surface area contributed by atoms with E-state index in [9.17, 15) is 4.79 Å². The van der Waals surface area contributed by atoms with Gasteiger partial charge in [-0.3, -0.25) is 9.78 Å². The van der Waals surface area contributed by atoms with E-state index in [1.54, 1.807) is 7.11 Å². The van der Waals surface area contributed by atoms with Gasteiger partial charge in [0.2, 0.25) is 0 Å². The number of benzene rings is 2. The lowest BCUT2D eigenvalue weighted by molar-refractivity contribution is 0.0700. The van der Waals surface area contributed by atoms with Crippen LogP contribution < -0.4 is 15.8 Å². The number of piperidine rings is 1. The summed E-state index contributed by atoms with van der Waals surface area (Å²) in [5, 5.41) is 4.84. The van der Waals surface area contributed by atoms with Gasteiger partial charge in [0.1, 0.15) is 11.3 Å². The van der Waals surface area contributed by atoms with Crippen molar-refractivity contribution in [3.05, 3.63) is 65.5 Å². The summed E-state index contributed by atoms with van der Waals surface area (Å²) in [7, 11) is 3.70. The number of aryl methyl sites for hydroxylation is 3. The number of nitrogens with one attached hydrogen (secondary N) is 1. The zero-order valence-corrected chi connectivity index (χ0v) is 25.8. The predicted octanol–water partition coefficient (Wildman–Crippen LogP) is 5.93. The van der Waals surface area contributed by atoms with Crippen molar-refractivity contribution in [2.45, 2.75) is 58.2 Å². The zero-order chi connectivity index (χ0) is 30.3. The number of fused-ring (bicyclic) bond motifs is 4. The van der Waals surface area contributed by atoms with Gasteiger partial charge in [-0.2, -0.15) is 0 Å². The van der Waals surface area contributed by atoms with E-state index in [-0.39, 0.29) is 18.0 Å². The number of rotatable bonds is 7. The molecule has 44 heavy (non-hydrogen) atoms. The Morgan fingerprint density at radius 2 is 1.82 bits per heavy atom. The predicted molar refractivity (Wildman–Crippen MR) is 173 cm³/mol. The molecule has 2 bridgehead atoms. The van der Waals surface area contributed by atoms with Crippen LogP contribution in [0.15, 0.2) is 48.5 Å². The molecule has 2 unspecified atom stereocenters. The van der Waals surface area contributed by atoms with Crippen LogP contribution in [0.25, 0.3) is 33.5 Å². The molecular weight excluding hydrogens is 550 g/mol. The molecule has 3 atom stereocenters. The minimum absolute atomic E-state index is 0.0141. The minimum atomic E-state index is 0.0141. The largest absolute Gasteiger partial charge is 0.494 e. The summed E-state index contributed by atoms with van der Waals surface area (Å²) in [5.74, 6) is 2.56. The van der Waals surface area contributed by atoms with Crippen LogP contribution in [0.5, 0.6) is 5.75 Å². The van der Waals surface area contributed by atoms with Crippen molar-refractivity contribution in [1.29, 1.82) is 0 Å². The molecule has 3 aromatic heterocycles. The van der Waals surface area contributed by atoms with Gasteiger partial charge in [-0.05, 0) is 87.8 Å². The lowest BCUT2D eigenvalue weighted by atomic mass is 10.1. The number of nitrogens with zero attached hydrogens (tertiary/aromatic N) is 5. The fourth-order valence-electron chi connectivity index (χ4n) is 7.69. The number of methoxy groups -OCH3 is 1. The molecule has 1 aliphatic heterocycles. The van der Waals surface area contributed by atoms with Crippen molar-refractivity contribution in [1.82, 2.24) is 24.0 Å². The van der Waals surface area contributed by atoms with Crippen LogP contribution >= 0.6 is 0 Å². The Balaban J connectivity index is 1.24. The van der Waals surface area contributed by atoms with Crippen LogP contribution in [-0.2, 0) is 13.6 Å². The summed E-state index contributed by atoms with van der Waals surface area (Å²) < 4.78 is 10.4. The second-order valence-corrected chi connectivity index (χ2v) is 13.1. The molecule has 2 saturated carbocycles. The van der Waals surface area contributed by atoms with E-state index in [4.69, 9.17) is 15.5 Å². The highest BCUT2D eigenvalue weighted by molar-refractivity contribution is 6.01. The maximum Gasteiger partial charge on any atom is 0.254 e. The average molecular weight is 590 g/mol. The molecule has 5 aromatic rings. The lowest BCUT2D eigenvalue weighted by Crippen LogP contribution is -2.41. The SMILES string of the molecule is COc1cc(C(=O)N2CC3CCC2[C@@H]3N)cc2nc(-c3cc4cccc(Nc5cc(C)nc(C)c5)c4n3CC3CC3)n(C)c12. The smallest absolute Gasteiger partial charge is 0.254 e. The van der Waals surface area contributed by atoms with Gasteiger partial charge in [0.05, 0.1) is 29.5 Å². The molecule has 2 aliphatic carbocycles. The second-order valence-electron chi connectivity index (χ2n) is 13.1. The van der Waals surface area contributed by atoms with Gasteiger partial charge in [0, 0.05) is 60.2 Å². The third-order valence-electron chi connectivity index (χ3n) is 9.96. The van der Waals surface area contributed by atoms with E-state index in [1.807, 2.05) is 37.9 Å². The molecule has 226 valence electrons. The fourth-order valence-corrected chi connectivity index (χ4v) is 7.69. The Morgan fingerprint density at radius 3 is 2.50 bits per heavy atom. The molecule has 3 aliphatic rings. The van der Waals surface area contributed by atoms with Crippen molar-refractivity contribution in [3.8, 4) is 17.3 Å². The Hall–Kier alpha value is -4.37. The van der Waals surface area contributed by atoms with E-state index in [0.29, 0.717) is 23.1 Å². The number of aromatic nitrogens is 4. The molecule has 1 saturated heterocycles. The van der Waals surface area contributed by atoms with Gasteiger partial charge in [-0.15, -0.1) is 0 Å². The van der Waals surface area contributed by atoms with Crippen LogP contribution in [0.4, 0.5) is 11.4 Å². The highest BCUT2D eigenvalue weighted by Crippen LogP contribution is 2.41. The van der Waals surface area contributed by atoms with Crippen molar-refractivity contribution in [2.75, 3.05) is 19.0 Å². The zero-order valence-electron chi connectivity index (χ0n) is 25.8. The Morgan fingerprint density at radius 1 is 1.02 bits per heavy atom. The number of nitrogens with two attached hydrogens (primary N) is 1. The molecule has 1 amide bonds. The van der Waals surface area contributed by atoms with Crippen LogP contribution in [0, 0.1) is 25.7 Å². The first kappa shape index (κ1) is 27.2. The molecule has 9 heteroatoms. The highest BCUT2D eigenvalue weighted by Gasteiger charge is 2.47. The average Bonchev–Trinajstić information content (AvgIpc) is 3.38. The molecule has 3 N–H and O–H groups in total. The van der Waals surface area contributed by atoms with Crippen molar-refractivity contribution in [2.24, 2.45) is 24.6 Å². The number of carbonyl (C=O) groups is 1. The number of hydrogen-bond acceptors (Lipinski definition) is 6. The molecule has 9 nitrogen and oxygen atoms in total. The molecule has 0 spiro atoms. The molecular formula is C35H39N7O2. The third-order valence-corrected chi connectivity index (χ3v) is 9.96. The second kappa shape index (κ2) is 10.1. The number of anilines is 2. The number of amides is 1. The van der Waals surface area contributed by atoms with Crippen molar-refractivity contribution >= 4 is 39.2 Å². The first-order chi connectivity index (χ1) is 21.3. The lowest BCUT2D eigenvalue weighted by Gasteiger charge is -2.27. The summed E-state index contributed by atoms with van der Waals surface area (Å²) in [6, 6.07) is 16.8. The number of para-hydroxylation sites is 1. The van der Waals surface area contributed by atoms with Gasteiger partial charge < -0.3 is 29.8 Å². The maximum atomic E-state index is 13.8. The van der Waals surface area contributed by atoms with E-state index in [2.05, 4.69) is 55.8 Å². The number of ether oxygens (including phenoxy) is 1. The number of pyridine rings is 1. The van der Waals surface area contributed by atoms with Gasteiger partial charge >= 0.3 is 0 Å². The van der Waals surface area contributed by atoms with Crippen LogP contribution in [0.3, 0.4) is 0 Å². The van der Waals surface area contributed by atoms with E-state index >= 15 is 0 Å². The number of likely N-dealkylation sites (tertiary alicyclic amines) is 1. The summed E-state index contributed by atoms with van der Waals surface area (Å²) in [4.78, 5) is 25.5. The van der Waals surface area contributed by atoms with Crippen molar-refractivity contribution in [3.63, 3.8) is 0 Å². The minimum Gasteiger partial charge on any atom is -0.494 e. The summed E-state index contributed by atoms with van der Waals surface area (Å²) >= 11 is 0. The molecule has 3 fully saturated rings. The number of carbonyl (C=O) groups excluding carboxylic acids is 1. The quantitative estimate of drug-likeness (QED) is 0.244. The molecule has 8 rings (SSSR count). The van der Waals surface area contributed by atoms with Crippen LogP contribution in [0.1, 0.15) is 47.4 Å². The van der Waals surface area contributed by atoms with Gasteiger partial charge in [-0.25, -0.2) is 4.98 Å². The fraction of sp³-hybridized carbons (Fsp3) is 0.400. The summed E-state index contributed by atoms with van der Waals surface area (Å²) in [6.45, 7) is 5.70. The molecule has 2 aromatic carbocycles. The normalized spacial score (nSPS) is 21.1. The van der Waals surface area contributed by atoms with E-state index < -0.39 is 0 Å². The monoisotopic (exact) mass is 589 g/mol. The van der Waals surface area contributed by atoms with Crippen LogP contribution in [-0.4, -0.2) is 55.6 Å². The Kier molecular flexibility index (Phi) is 6.24. The van der Waals surface area contributed by atoms with Gasteiger partial charge in [0.25, 0.3) is 5.91 Å². The molecule has 4 heterocycles. The maximum absolute atomic E-state index is 13.8.